The number of H-pyrrole nitrogens is 1. The summed E-state index contributed by atoms with van der Waals surface area (Å²) < 4.78 is 0. The molecule has 11 heteroatoms. The van der Waals surface area contributed by atoms with Gasteiger partial charge in [0.15, 0.2) is 5.82 Å². The predicted octanol–water partition coefficient (Wildman–Crippen LogP) is 1.57. The van der Waals surface area contributed by atoms with Crippen molar-refractivity contribution in [3.8, 4) is 17.3 Å². The number of aromatic carboxylic acids is 1. The molecule has 31 heavy (non-hydrogen) atoms. The largest absolute Gasteiger partial charge is 0.493 e. The molecule has 0 fully saturated rings. The summed E-state index contributed by atoms with van der Waals surface area (Å²) in [7, 11) is 0. The van der Waals surface area contributed by atoms with Gasteiger partial charge in [-0.25, -0.2) is 19.7 Å². The summed E-state index contributed by atoms with van der Waals surface area (Å²) in [5, 5.41) is 18.5. The number of imide groups is 1. The highest BCUT2D eigenvalue weighted by Crippen LogP contribution is 2.24. The fourth-order valence-corrected chi connectivity index (χ4v) is 2.37. The highest BCUT2D eigenvalue weighted by molar-refractivity contribution is 6.17. The van der Waals surface area contributed by atoms with E-state index in [2.05, 4.69) is 19.9 Å². The number of rotatable bonds is 4. The first kappa shape index (κ1) is 23.2. The molecule has 2 heterocycles. The summed E-state index contributed by atoms with van der Waals surface area (Å²) in [4.78, 5) is 50.1. The monoisotopic (exact) mass is 426 g/mol. The van der Waals surface area contributed by atoms with Crippen LogP contribution in [-0.2, 0) is 9.59 Å². The van der Waals surface area contributed by atoms with Crippen molar-refractivity contribution >= 4 is 23.5 Å². The molecule has 0 spiro atoms. The number of benzene rings is 1. The van der Waals surface area contributed by atoms with Gasteiger partial charge >= 0.3 is 5.97 Å². The Morgan fingerprint density at radius 3 is 2.19 bits per heavy atom. The minimum atomic E-state index is -1.34. The quantitative estimate of drug-likeness (QED) is 0.482. The van der Waals surface area contributed by atoms with Gasteiger partial charge in [0.25, 0.3) is 5.91 Å². The molecule has 0 radical (unpaired) electrons. The van der Waals surface area contributed by atoms with Crippen LogP contribution in [0.15, 0.2) is 49.2 Å². The van der Waals surface area contributed by atoms with Crippen molar-refractivity contribution in [1.29, 1.82) is 0 Å². The third kappa shape index (κ3) is 5.93. The van der Waals surface area contributed by atoms with E-state index in [1.165, 1.54) is 45.0 Å². The summed E-state index contributed by atoms with van der Waals surface area (Å²) >= 11 is 0. The molecule has 2 amide bonds. The molecule has 0 saturated heterocycles. The van der Waals surface area contributed by atoms with Crippen LogP contribution in [0.5, 0.6) is 5.88 Å². The van der Waals surface area contributed by atoms with Crippen LogP contribution in [0.2, 0.25) is 0 Å². The van der Waals surface area contributed by atoms with Crippen LogP contribution in [0.1, 0.15) is 31.1 Å². The molecule has 0 aliphatic rings. The molecule has 11 nitrogen and oxygen atoms in total. The van der Waals surface area contributed by atoms with Gasteiger partial charge < -0.3 is 20.9 Å². The third-order valence-electron chi connectivity index (χ3n) is 3.86. The highest BCUT2D eigenvalue weighted by atomic mass is 16.4. The number of hydrogen-bond acceptors (Lipinski definition) is 8. The van der Waals surface area contributed by atoms with Gasteiger partial charge in [-0.2, -0.15) is 4.98 Å². The number of amides is 2. The summed E-state index contributed by atoms with van der Waals surface area (Å²) in [6, 6.07) is 6.09. The Morgan fingerprint density at radius 1 is 1.16 bits per heavy atom. The lowest BCUT2D eigenvalue weighted by Gasteiger charge is -2.27. The Labute approximate surface area is 177 Å². The molecule has 0 bridgehead atoms. The Balaban J connectivity index is 0.000000597. The van der Waals surface area contributed by atoms with E-state index in [1.54, 1.807) is 18.7 Å². The molecule has 0 aliphatic heterocycles. The second-order valence-electron chi connectivity index (χ2n) is 6.92. The van der Waals surface area contributed by atoms with Crippen molar-refractivity contribution in [2.75, 3.05) is 4.90 Å². The average Bonchev–Trinajstić information content (AvgIpc) is 3.27. The van der Waals surface area contributed by atoms with E-state index in [1.807, 2.05) is 0 Å². The van der Waals surface area contributed by atoms with Crippen molar-refractivity contribution in [3.63, 3.8) is 0 Å². The average molecular weight is 426 g/mol. The Kier molecular flexibility index (Phi) is 7.16. The number of aromatic amines is 1. The van der Waals surface area contributed by atoms with Crippen molar-refractivity contribution in [2.24, 2.45) is 5.73 Å². The zero-order chi connectivity index (χ0) is 23.2. The summed E-state index contributed by atoms with van der Waals surface area (Å²) in [6.45, 7) is 4.25. The smallest absolute Gasteiger partial charge is 0.342 e. The van der Waals surface area contributed by atoms with Crippen LogP contribution in [0, 0.1) is 0 Å². The summed E-state index contributed by atoms with van der Waals surface area (Å²) in [5.41, 5.74) is 4.93. The predicted molar refractivity (Wildman–Crippen MR) is 111 cm³/mol. The zero-order valence-corrected chi connectivity index (χ0v) is 17.1. The van der Waals surface area contributed by atoms with E-state index in [9.17, 15) is 19.5 Å². The molecule has 5 N–H and O–H groups in total. The van der Waals surface area contributed by atoms with Crippen molar-refractivity contribution < 1.29 is 24.6 Å². The van der Waals surface area contributed by atoms with Crippen molar-refractivity contribution in [3.05, 3.63) is 54.7 Å². The maximum Gasteiger partial charge on any atom is 0.342 e. The van der Waals surface area contributed by atoms with Crippen LogP contribution in [-0.4, -0.2) is 53.5 Å². The summed E-state index contributed by atoms with van der Waals surface area (Å²) in [5.74, 6) is -2.95. The van der Waals surface area contributed by atoms with Gasteiger partial charge in [0, 0.05) is 31.1 Å². The second kappa shape index (κ2) is 9.59. The number of nitrogens with two attached hydrogens (primary N) is 1. The maximum absolute atomic E-state index is 12.4. The lowest BCUT2D eigenvalue weighted by molar-refractivity contribution is -0.128. The van der Waals surface area contributed by atoms with Crippen LogP contribution in [0.3, 0.4) is 0 Å². The molecule has 0 atom stereocenters. The number of imidazole rings is 1. The topological polar surface area (TPSA) is 175 Å². The van der Waals surface area contributed by atoms with E-state index < -0.39 is 34.8 Å². The number of carboxylic acids is 1. The molecule has 2 aromatic heterocycles. The molecular weight excluding hydrogens is 404 g/mol. The number of carboxylic acid groups (broad SMARTS) is 1. The first-order valence-electron chi connectivity index (χ1n) is 8.99. The van der Waals surface area contributed by atoms with Crippen molar-refractivity contribution in [1.82, 2.24) is 19.9 Å². The Bertz CT molecular complexity index is 1040. The first-order valence-corrected chi connectivity index (χ1v) is 8.99. The SMILES string of the molecule is CC(=O)N(C(=O)C(C)(C)N)c1ccc(-c2ncc(C(=O)O)c(O)n2)cc1.c1c[nH]cn1. The fourth-order valence-electron chi connectivity index (χ4n) is 2.37. The fraction of sp³-hybridized carbons (Fsp3) is 0.200. The minimum Gasteiger partial charge on any atom is -0.493 e. The number of aromatic nitrogens is 4. The molecule has 3 rings (SSSR count). The number of carbonyl (C=O) groups is 3. The number of aromatic hydroxyl groups is 1. The van der Waals surface area contributed by atoms with Crippen LogP contribution in [0.25, 0.3) is 11.4 Å². The zero-order valence-electron chi connectivity index (χ0n) is 17.1. The molecule has 0 saturated carbocycles. The minimum absolute atomic E-state index is 0.0962. The lowest BCUT2D eigenvalue weighted by Crippen LogP contribution is -2.53. The number of anilines is 1. The van der Waals surface area contributed by atoms with Gasteiger partial charge in [0.1, 0.15) is 5.56 Å². The molecule has 0 unspecified atom stereocenters. The van der Waals surface area contributed by atoms with Gasteiger partial charge in [0.05, 0.1) is 17.6 Å². The van der Waals surface area contributed by atoms with E-state index in [0.717, 1.165) is 11.1 Å². The van der Waals surface area contributed by atoms with Crippen LogP contribution < -0.4 is 10.6 Å². The van der Waals surface area contributed by atoms with Crippen molar-refractivity contribution in [2.45, 2.75) is 26.3 Å². The van der Waals surface area contributed by atoms with Gasteiger partial charge in [0.2, 0.25) is 11.8 Å². The molecule has 0 aliphatic carbocycles. The number of nitrogens with zero attached hydrogens (tertiary/aromatic N) is 4. The van der Waals surface area contributed by atoms with Gasteiger partial charge in [-0.15, -0.1) is 0 Å². The highest BCUT2D eigenvalue weighted by Gasteiger charge is 2.31. The van der Waals surface area contributed by atoms with Crippen LogP contribution >= 0.6 is 0 Å². The molecular formula is C20H22N6O5. The second-order valence-corrected chi connectivity index (χ2v) is 6.92. The number of hydrogen-bond donors (Lipinski definition) is 4. The number of nitrogens with one attached hydrogen (secondary N) is 1. The molecule has 3 aromatic rings. The van der Waals surface area contributed by atoms with Gasteiger partial charge in [-0.05, 0) is 38.1 Å². The molecule has 162 valence electrons. The van der Waals surface area contributed by atoms with E-state index in [0.29, 0.717) is 11.3 Å². The normalized spacial score (nSPS) is 10.6. The summed E-state index contributed by atoms with van der Waals surface area (Å²) in [6.07, 6.45) is 6.08. The Hall–Kier alpha value is -4.12. The standard InChI is InChI=1S/C17H18N4O5.C3H4N2/c1-9(22)21(16(26)17(2,3)18)11-6-4-10(5-7-11)13-19-8-12(15(24)25)14(23)20-13;1-2-5-3-4-1/h4-8H,18H2,1-3H3,(H,24,25)(H,19,20,23);1-3H,(H,4,5). The van der Waals surface area contributed by atoms with Gasteiger partial charge in [-0.3, -0.25) is 9.59 Å². The number of carbonyl (C=O) groups excluding carboxylic acids is 2. The maximum atomic E-state index is 12.4. The third-order valence-corrected chi connectivity index (χ3v) is 3.86. The van der Waals surface area contributed by atoms with E-state index in [4.69, 9.17) is 10.8 Å². The van der Waals surface area contributed by atoms with E-state index in [-0.39, 0.29) is 5.82 Å². The lowest BCUT2D eigenvalue weighted by atomic mass is 10.0. The van der Waals surface area contributed by atoms with Gasteiger partial charge in [-0.1, -0.05) is 0 Å². The Morgan fingerprint density at radius 2 is 1.81 bits per heavy atom. The van der Waals surface area contributed by atoms with Crippen LogP contribution in [0.4, 0.5) is 5.69 Å². The molecule has 1 aromatic carbocycles. The first-order chi connectivity index (χ1) is 14.5. The van der Waals surface area contributed by atoms with E-state index >= 15 is 0 Å².